The molecule has 3 heteroatoms. The third kappa shape index (κ3) is 2.19. The maximum Gasteiger partial charge on any atom is 0.256 e. The third-order valence-electron chi connectivity index (χ3n) is 4.36. The Balaban J connectivity index is 1.77. The molecule has 1 amide bonds. The number of rotatable bonds is 3. The van der Waals surface area contributed by atoms with Gasteiger partial charge in [-0.3, -0.25) is 4.79 Å². The molecule has 0 unspecified atom stereocenters. The molecule has 4 rings (SSSR count). The van der Waals surface area contributed by atoms with Gasteiger partial charge in [0.1, 0.15) is 0 Å². The maximum atomic E-state index is 12.6. The summed E-state index contributed by atoms with van der Waals surface area (Å²) in [5.74, 6) is 0.161. The number of hydrogen-bond donors (Lipinski definition) is 0. The molecule has 22 heavy (non-hydrogen) atoms. The molecule has 0 bridgehead atoms. The Bertz CT molecular complexity index is 816. The summed E-state index contributed by atoms with van der Waals surface area (Å²) in [4.78, 5) is 14.5. The third-order valence-corrected chi connectivity index (χ3v) is 4.36. The predicted molar refractivity (Wildman–Crippen MR) is 88.0 cm³/mol. The van der Waals surface area contributed by atoms with Gasteiger partial charge in [-0.05, 0) is 18.1 Å². The van der Waals surface area contributed by atoms with Gasteiger partial charge in [-0.1, -0.05) is 48.5 Å². The lowest BCUT2D eigenvalue weighted by Crippen LogP contribution is -2.41. The average molecular weight is 290 g/mol. The van der Waals surface area contributed by atoms with Crippen LogP contribution in [0.1, 0.15) is 22.3 Å². The van der Waals surface area contributed by atoms with Gasteiger partial charge in [-0.15, -0.1) is 0 Å². The first kappa shape index (κ1) is 13.1. The van der Waals surface area contributed by atoms with Gasteiger partial charge in [-0.25, -0.2) is 0 Å². The zero-order valence-corrected chi connectivity index (χ0v) is 12.4. The van der Waals surface area contributed by atoms with Gasteiger partial charge < -0.3 is 9.47 Å². The molecule has 3 nitrogen and oxygen atoms in total. The van der Waals surface area contributed by atoms with Gasteiger partial charge in [0.15, 0.2) is 0 Å². The number of likely N-dealkylation sites (tertiary alicyclic amines) is 1. The number of nitrogens with zero attached hydrogens (tertiary/aromatic N) is 2. The van der Waals surface area contributed by atoms with Crippen LogP contribution in [-0.4, -0.2) is 28.5 Å². The fraction of sp³-hybridized carbons (Fsp3) is 0.211. The van der Waals surface area contributed by atoms with Gasteiger partial charge in [0.05, 0.1) is 5.56 Å². The van der Waals surface area contributed by atoms with Crippen molar-refractivity contribution in [3.63, 3.8) is 0 Å². The molecular formula is C19H18N2O. The lowest BCUT2D eigenvalue weighted by atomic mass is 10.1. The summed E-state index contributed by atoms with van der Waals surface area (Å²) >= 11 is 0. The number of fused-ring (bicyclic) bond motifs is 1. The molecule has 0 saturated carbocycles. The number of para-hydroxylation sites is 1. The smallest absolute Gasteiger partial charge is 0.256 e. The summed E-state index contributed by atoms with van der Waals surface area (Å²) in [5.41, 5.74) is 3.19. The number of hydrogen-bond acceptors (Lipinski definition) is 1. The van der Waals surface area contributed by atoms with Crippen molar-refractivity contribution < 1.29 is 4.79 Å². The highest BCUT2D eigenvalue weighted by Crippen LogP contribution is 2.25. The standard InChI is InChI=1S/C19H18N2O/c22-19(20-11-6-12-20)17-14-21(13-15-7-2-1-3-8-15)18-10-5-4-9-16(17)18/h1-5,7-10,14H,6,11-13H2. The van der Waals surface area contributed by atoms with E-state index >= 15 is 0 Å². The Morgan fingerprint density at radius 3 is 2.41 bits per heavy atom. The van der Waals surface area contributed by atoms with Crippen molar-refractivity contribution in [3.8, 4) is 0 Å². The number of benzene rings is 2. The molecule has 1 aromatic heterocycles. The van der Waals surface area contributed by atoms with Crippen LogP contribution in [0, 0.1) is 0 Å². The summed E-state index contributed by atoms with van der Waals surface area (Å²) < 4.78 is 2.18. The quantitative estimate of drug-likeness (QED) is 0.724. The van der Waals surface area contributed by atoms with Crippen LogP contribution in [0.4, 0.5) is 0 Å². The number of carbonyl (C=O) groups is 1. The van der Waals surface area contributed by atoms with E-state index in [2.05, 4.69) is 22.8 Å². The largest absolute Gasteiger partial charge is 0.342 e. The Labute approximate surface area is 129 Å². The van der Waals surface area contributed by atoms with E-state index in [0.717, 1.165) is 42.5 Å². The Hall–Kier alpha value is -2.55. The number of carbonyl (C=O) groups excluding carboxylic acids is 1. The molecule has 1 aliphatic rings. The molecular weight excluding hydrogens is 272 g/mol. The topological polar surface area (TPSA) is 25.2 Å². The zero-order valence-electron chi connectivity index (χ0n) is 12.4. The number of aromatic nitrogens is 1. The molecule has 110 valence electrons. The van der Waals surface area contributed by atoms with Crippen molar-refractivity contribution >= 4 is 16.8 Å². The maximum absolute atomic E-state index is 12.6. The molecule has 0 radical (unpaired) electrons. The van der Waals surface area contributed by atoms with Gasteiger partial charge in [0.25, 0.3) is 5.91 Å². The molecule has 1 saturated heterocycles. The van der Waals surface area contributed by atoms with E-state index in [0.29, 0.717) is 0 Å². The van der Waals surface area contributed by atoms with Crippen molar-refractivity contribution in [1.82, 2.24) is 9.47 Å². The fourth-order valence-electron chi connectivity index (χ4n) is 3.02. The highest BCUT2D eigenvalue weighted by atomic mass is 16.2. The van der Waals surface area contributed by atoms with E-state index in [4.69, 9.17) is 0 Å². The first-order chi connectivity index (χ1) is 10.8. The van der Waals surface area contributed by atoms with Crippen molar-refractivity contribution in [3.05, 3.63) is 71.9 Å². The van der Waals surface area contributed by atoms with Gasteiger partial charge in [0, 0.05) is 36.7 Å². The second kappa shape index (κ2) is 5.34. The van der Waals surface area contributed by atoms with Crippen LogP contribution in [0.25, 0.3) is 10.9 Å². The summed E-state index contributed by atoms with van der Waals surface area (Å²) in [6.07, 6.45) is 3.13. The van der Waals surface area contributed by atoms with Crippen molar-refractivity contribution in [1.29, 1.82) is 0 Å². The van der Waals surface area contributed by atoms with Crippen LogP contribution in [0.2, 0.25) is 0 Å². The van der Waals surface area contributed by atoms with Crippen LogP contribution in [0.3, 0.4) is 0 Å². The lowest BCUT2D eigenvalue weighted by Gasteiger charge is -2.30. The molecule has 2 aromatic carbocycles. The van der Waals surface area contributed by atoms with Gasteiger partial charge in [0.2, 0.25) is 0 Å². The normalized spacial score (nSPS) is 14.1. The first-order valence-electron chi connectivity index (χ1n) is 7.74. The average Bonchev–Trinajstić information content (AvgIpc) is 2.86. The Kier molecular flexibility index (Phi) is 3.19. The molecule has 0 atom stereocenters. The van der Waals surface area contributed by atoms with E-state index in [9.17, 15) is 4.79 Å². The summed E-state index contributed by atoms with van der Waals surface area (Å²) in [5, 5.41) is 1.05. The van der Waals surface area contributed by atoms with E-state index in [-0.39, 0.29) is 5.91 Å². The van der Waals surface area contributed by atoms with Crippen LogP contribution in [0.15, 0.2) is 60.8 Å². The van der Waals surface area contributed by atoms with Crippen LogP contribution < -0.4 is 0 Å². The Morgan fingerprint density at radius 2 is 1.68 bits per heavy atom. The van der Waals surface area contributed by atoms with Crippen LogP contribution in [-0.2, 0) is 6.54 Å². The SMILES string of the molecule is O=C(c1cn(Cc2ccccc2)c2ccccc12)N1CCC1. The second-order valence-corrected chi connectivity index (χ2v) is 5.82. The van der Waals surface area contributed by atoms with E-state index in [1.807, 2.05) is 47.5 Å². The predicted octanol–water partition coefficient (Wildman–Crippen LogP) is 3.54. The molecule has 3 aromatic rings. The lowest BCUT2D eigenvalue weighted by molar-refractivity contribution is 0.0653. The van der Waals surface area contributed by atoms with Crippen molar-refractivity contribution in [2.24, 2.45) is 0 Å². The minimum atomic E-state index is 0.161. The van der Waals surface area contributed by atoms with Crippen molar-refractivity contribution in [2.45, 2.75) is 13.0 Å². The summed E-state index contributed by atoms with van der Waals surface area (Å²) in [6.45, 7) is 2.56. The zero-order chi connectivity index (χ0) is 14.9. The highest BCUT2D eigenvalue weighted by molar-refractivity contribution is 6.07. The highest BCUT2D eigenvalue weighted by Gasteiger charge is 2.24. The van der Waals surface area contributed by atoms with E-state index in [1.54, 1.807) is 0 Å². The summed E-state index contributed by atoms with van der Waals surface area (Å²) in [6, 6.07) is 18.5. The monoisotopic (exact) mass is 290 g/mol. The molecule has 2 heterocycles. The molecule has 0 spiro atoms. The summed E-state index contributed by atoms with van der Waals surface area (Å²) in [7, 11) is 0. The fourth-order valence-corrected chi connectivity index (χ4v) is 3.02. The number of amides is 1. The minimum Gasteiger partial charge on any atom is -0.342 e. The molecule has 0 N–H and O–H groups in total. The van der Waals surface area contributed by atoms with Gasteiger partial charge in [-0.2, -0.15) is 0 Å². The molecule has 1 aliphatic heterocycles. The first-order valence-corrected chi connectivity index (χ1v) is 7.74. The minimum absolute atomic E-state index is 0.161. The van der Waals surface area contributed by atoms with Gasteiger partial charge >= 0.3 is 0 Å². The van der Waals surface area contributed by atoms with Crippen LogP contribution in [0.5, 0.6) is 0 Å². The van der Waals surface area contributed by atoms with E-state index < -0.39 is 0 Å². The van der Waals surface area contributed by atoms with Crippen LogP contribution >= 0.6 is 0 Å². The second-order valence-electron chi connectivity index (χ2n) is 5.82. The van der Waals surface area contributed by atoms with Crippen molar-refractivity contribution in [2.75, 3.05) is 13.1 Å². The Morgan fingerprint density at radius 1 is 0.955 bits per heavy atom. The van der Waals surface area contributed by atoms with E-state index in [1.165, 1.54) is 5.56 Å². The molecule has 1 fully saturated rings. The molecule has 0 aliphatic carbocycles.